The highest BCUT2D eigenvalue weighted by atomic mass is 127. The van der Waals surface area contributed by atoms with Crippen molar-refractivity contribution < 1.29 is 4.74 Å². The Bertz CT molecular complexity index is 1150. The molecular formula is C21H19IN6O. The maximum absolute atomic E-state index is 6.22. The van der Waals surface area contributed by atoms with E-state index in [2.05, 4.69) is 35.9 Å². The SMILES string of the molecule is Nc1ncnc2c1c(-c1ccc(Oc3ccccc3)cc1)nn2C1CCN(I)C1. The van der Waals surface area contributed by atoms with Gasteiger partial charge in [0.05, 0.1) is 11.4 Å². The summed E-state index contributed by atoms with van der Waals surface area (Å²) in [5.74, 6) is 2.02. The van der Waals surface area contributed by atoms with E-state index in [1.165, 1.54) is 6.33 Å². The van der Waals surface area contributed by atoms with Gasteiger partial charge in [0, 0.05) is 41.5 Å². The zero-order valence-electron chi connectivity index (χ0n) is 15.6. The highest BCUT2D eigenvalue weighted by Gasteiger charge is 2.27. The number of rotatable bonds is 4. The number of nitrogen functional groups attached to an aromatic ring is 1. The fraction of sp³-hybridized carbons (Fsp3) is 0.190. The first-order valence-electron chi connectivity index (χ1n) is 9.42. The van der Waals surface area contributed by atoms with Gasteiger partial charge in [-0.2, -0.15) is 5.10 Å². The van der Waals surface area contributed by atoms with Crippen LogP contribution in [0.4, 0.5) is 5.82 Å². The van der Waals surface area contributed by atoms with Crippen molar-refractivity contribution in [3.05, 3.63) is 60.9 Å². The zero-order valence-corrected chi connectivity index (χ0v) is 17.7. The molecule has 0 radical (unpaired) electrons. The van der Waals surface area contributed by atoms with Crippen LogP contribution >= 0.6 is 22.9 Å². The van der Waals surface area contributed by atoms with Crippen molar-refractivity contribution in [1.29, 1.82) is 0 Å². The van der Waals surface area contributed by atoms with Crippen molar-refractivity contribution in [2.24, 2.45) is 0 Å². The molecule has 5 rings (SSSR count). The fourth-order valence-electron chi connectivity index (χ4n) is 3.66. The van der Waals surface area contributed by atoms with Gasteiger partial charge in [0.15, 0.2) is 5.65 Å². The smallest absolute Gasteiger partial charge is 0.164 e. The highest BCUT2D eigenvalue weighted by molar-refractivity contribution is 14.1. The van der Waals surface area contributed by atoms with Gasteiger partial charge in [-0.15, -0.1) is 0 Å². The van der Waals surface area contributed by atoms with Crippen molar-refractivity contribution in [3.63, 3.8) is 0 Å². The van der Waals surface area contributed by atoms with Crippen LogP contribution in [0.2, 0.25) is 0 Å². The van der Waals surface area contributed by atoms with Gasteiger partial charge in [0.2, 0.25) is 0 Å². The molecule has 3 heterocycles. The second-order valence-electron chi connectivity index (χ2n) is 7.00. The third-order valence-corrected chi connectivity index (χ3v) is 5.96. The van der Waals surface area contributed by atoms with Crippen molar-refractivity contribution >= 4 is 39.7 Å². The summed E-state index contributed by atoms with van der Waals surface area (Å²) >= 11 is 2.36. The molecular weight excluding hydrogens is 479 g/mol. The number of aromatic nitrogens is 4. The third kappa shape index (κ3) is 3.53. The molecule has 1 aliphatic rings. The van der Waals surface area contributed by atoms with E-state index in [4.69, 9.17) is 15.6 Å². The highest BCUT2D eigenvalue weighted by Crippen LogP contribution is 2.35. The molecule has 1 saturated heterocycles. The summed E-state index contributed by atoms with van der Waals surface area (Å²) in [4.78, 5) is 8.69. The summed E-state index contributed by atoms with van der Waals surface area (Å²) in [6, 6.07) is 17.9. The molecule has 0 saturated carbocycles. The number of anilines is 1. The summed E-state index contributed by atoms with van der Waals surface area (Å²) in [5.41, 5.74) is 8.77. The number of fused-ring (bicyclic) bond motifs is 1. The molecule has 1 aliphatic heterocycles. The van der Waals surface area contributed by atoms with E-state index < -0.39 is 0 Å². The van der Waals surface area contributed by atoms with Gasteiger partial charge in [-0.1, -0.05) is 18.2 Å². The number of para-hydroxylation sites is 1. The lowest BCUT2D eigenvalue weighted by atomic mass is 10.1. The maximum atomic E-state index is 6.22. The molecule has 7 nitrogen and oxygen atoms in total. The van der Waals surface area contributed by atoms with E-state index in [-0.39, 0.29) is 6.04 Å². The second kappa shape index (κ2) is 7.60. The van der Waals surface area contributed by atoms with Crippen LogP contribution in [0.3, 0.4) is 0 Å². The van der Waals surface area contributed by atoms with Crippen LogP contribution in [0.15, 0.2) is 60.9 Å². The van der Waals surface area contributed by atoms with Gasteiger partial charge in [-0.3, -0.25) is 0 Å². The summed E-state index contributed by atoms with van der Waals surface area (Å²) in [6.07, 6.45) is 2.54. The average Bonchev–Trinajstić information content (AvgIpc) is 3.34. The lowest BCUT2D eigenvalue weighted by Crippen LogP contribution is -2.14. The lowest BCUT2D eigenvalue weighted by Gasteiger charge is -2.10. The first kappa shape index (κ1) is 18.3. The number of ether oxygens (including phenoxy) is 1. The van der Waals surface area contributed by atoms with Crippen molar-refractivity contribution in [3.8, 4) is 22.8 Å². The predicted octanol–water partition coefficient (Wildman–Crippen LogP) is 4.46. The molecule has 8 heteroatoms. The summed E-state index contributed by atoms with van der Waals surface area (Å²) in [7, 11) is 0. The first-order valence-corrected chi connectivity index (χ1v) is 10.4. The van der Waals surface area contributed by atoms with Crippen molar-refractivity contribution in [2.75, 3.05) is 18.8 Å². The van der Waals surface area contributed by atoms with E-state index in [0.717, 1.165) is 53.3 Å². The summed E-state index contributed by atoms with van der Waals surface area (Å²) < 4.78 is 10.2. The quantitative estimate of drug-likeness (QED) is 0.331. The number of nitrogens with two attached hydrogens (primary N) is 1. The Morgan fingerprint density at radius 3 is 2.48 bits per heavy atom. The standard InChI is InChI=1S/C21H19IN6O/c22-27-11-10-15(12-27)28-21-18(20(23)24-13-25-21)19(26-28)14-6-8-17(9-7-14)29-16-4-2-1-3-5-16/h1-9,13,15H,10-12H2,(H2,23,24,25). The van der Waals surface area contributed by atoms with E-state index in [1.807, 2.05) is 59.3 Å². The summed E-state index contributed by atoms with van der Waals surface area (Å²) in [6.45, 7) is 1.97. The molecule has 29 heavy (non-hydrogen) atoms. The molecule has 1 unspecified atom stereocenters. The minimum absolute atomic E-state index is 0.276. The van der Waals surface area contributed by atoms with E-state index >= 15 is 0 Å². The maximum Gasteiger partial charge on any atom is 0.164 e. The van der Waals surface area contributed by atoms with E-state index in [0.29, 0.717) is 5.82 Å². The number of hydrogen-bond donors (Lipinski definition) is 1. The molecule has 146 valence electrons. The van der Waals surface area contributed by atoms with Crippen molar-refractivity contribution in [2.45, 2.75) is 12.5 Å². The Morgan fingerprint density at radius 1 is 1.00 bits per heavy atom. The van der Waals surface area contributed by atoms with Crippen LogP contribution in [0, 0.1) is 0 Å². The Balaban J connectivity index is 1.53. The van der Waals surface area contributed by atoms with Gasteiger partial charge in [-0.05, 0) is 42.8 Å². The molecule has 0 aliphatic carbocycles. The second-order valence-corrected chi connectivity index (χ2v) is 8.37. The average molecular weight is 498 g/mol. The van der Waals surface area contributed by atoms with E-state index in [9.17, 15) is 0 Å². The van der Waals surface area contributed by atoms with Crippen LogP contribution in [0.5, 0.6) is 11.5 Å². The topological polar surface area (TPSA) is 82.1 Å². The molecule has 0 bridgehead atoms. The van der Waals surface area contributed by atoms with E-state index in [1.54, 1.807) is 0 Å². The van der Waals surface area contributed by atoms with Crippen LogP contribution in [-0.4, -0.2) is 36.0 Å². The molecule has 2 aromatic heterocycles. The number of benzene rings is 2. The molecule has 0 amide bonds. The molecule has 1 atom stereocenters. The Morgan fingerprint density at radius 2 is 1.76 bits per heavy atom. The monoisotopic (exact) mass is 498 g/mol. The fourth-order valence-corrected chi connectivity index (χ4v) is 4.39. The predicted molar refractivity (Wildman–Crippen MR) is 121 cm³/mol. The van der Waals surface area contributed by atoms with Gasteiger partial charge in [0.25, 0.3) is 0 Å². The van der Waals surface area contributed by atoms with Gasteiger partial charge in [-0.25, -0.2) is 17.8 Å². The largest absolute Gasteiger partial charge is 0.457 e. The molecule has 2 N–H and O–H groups in total. The molecule has 1 fully saturated rings. The molecule has 0 spiro atoms. The first-order chi connectivity index (χ1) is 14.2. The number of nitrogens with zero attached hydrogens (tertiary/aromatic N) is 5. The van der Waals surface area contributed by atoms with Crippen LogP contribution in [0.1, 0.15) is 12.5 Å². The van der Waals surface area contributed by atoms with Crippen LogP contribution in [-0.2, 0) is 0 Å². The zero-order chi connectivity index (χ0) is 19.8. The molecule has 4 aromatic rings. The van der Waals surface area contributed by atoms with Gasteiger partial charge >= 0.3 is 0 Å². The minimum atomic E-state index is 0.276. The number of hydrogen-bond acceptors (Lipinski definition) is 6. The minimum Gasteiger partial charge on any atom is -0.457 e. The van der Waals surface area contributed by atoms with Crippen LogP contribution in [0.25, 0.3) is 22.3 Å². The summed E-state index contributed by atoms with van der Waals surface area (Å²) in [5, 5.41) is 5.72. The third-order valence-electron chi connectivity index (χ3n) is 5.08. The number of halogens is 1. The normalized spacial score (nSPS) is 17.1. The molecule has 2 aromatic carbocycles. The Kier molecular flexibility index (Phi) is 4.80. The lowest BCUT2D eigenvalue weighted by molar-refractivity contribution is 0.482. The Hall–Kier alpha value is -2.72. The van der Waals surface area contributed by atoms with Gasteiger partial charge < -0.3 is 10.5 Å². The van der Waals surface area contributed by atoms with Crippen LogP contribution < -0.4 is 10.5 Å². The van der Waals surface area contributed by atoms with Crippen molar-refractivity contribution in [1.82, 2.24) is 22.9 Å². The Labute approximate surface area is 182 Å². The van der Waals surface area contributed by atoms with Gasteiger partial charge in [0.1, 0.15) is 29.3 Å².